The Balaban J connectivity index is 3.42. The third-order valence-electron chi connectivity index (χ3n) is 0.476. The predicted molar refractivity (Wildman–Crippen MR) is 25.8 cm³/mol. The topological polar surface area (TPSA) is 26.3 Å². The van der Waals surface area contributed by atoms with E-state index >= 15 is 0 Å². The largest absolute Gasteiger partial charge is 0.448 e. The Morgan fingerprint density at radius 2 is 2.33 bits per heavy atom. The Morgan fingerprint density at radius 3 is 2.67 bits per heavy atom. The maximum absolute atomic E-state index is 11.2. The highest BCUT2D eigenvalue weighted by Crippen LogP contribution is 1.93. The van der Waals surface area contributed by atoms with Crippen molar-refractivity contribution < 1.29 is 18.3 Å². The van der Waals surface area contributed by atoms with Gasteiger partial charge >= 0.3 is 12.4 Å². The van der Waals surface area contributed by atoms with Crippen molar-refractivity contribution in [2.75, 3.05) is 6.61 Å². The van der Waals surface area contributed by atoms with Gasteiger partial charge in [-0.15, -0.1) is 6.42 Å². The van der Waals surface area contributed by atoms with Crippen LogP contribution < -0.4 is 0 Å². The normalized spacial score (nSPS) is 8.67. The van der Waals surface area contributed by atoms with Crippen LogP contribution in [0.1, 0.15) is 0 Å². The van der Waals surface area contributed by atoms with Crippen LogP contribution in [-0.4, -0.2) is 19.0 Å². The molecule has 0 N–H and O–H groups in total. The Labute approximate surface area is 50.8 Å². The lowest BCUT2D eigenvalue weighted by atomic mass is 10.7. The third-order valence-corrected chi connectivity index (χ3v) is 0.476. The zero-order valence-electron chi connectivity index (χ0n) is 4.43. The molecule has 0 aliphatic heterocycles. The van der Waals surface area contributed by atoms with Crippen LogP contribution in [0.5, 0.6) is 0 Å². The molecule has 0 fully saturated rings. The monoisotopic (exact) mass is 134 g/mol. The molecular weight excluding hydrogens is 130 g/mol. The zero-order valence-corrected chi connectivity index (χ0v) is 4.43. The number of rotatable bonds is 2. The fraction of sp³-hybridized carbons (Fsp3) is 0.400. The molecule has 0 bridgehead atoms. The summed E-state index contributed by atoms with van der Waals surface area (Å²) in [6.07, 6.45) is 1.52. The van der Waals surface area contributed by atoms with E-state index in [1.807, 2.05) is 5.92 Å². The number of alkyl halides is 2. The van der Waals surface area contributed by atoms with Gasteiger partial charge in [0.2, 0.25) is 0 Å². The Morgan fingerprint density at radius 1 is 1.78 bits per heavy atom. The van der Waals surface area contributed by atoms with E-state index in [9.17, 15) is 13.6 Å². The van der Waals surface area contributed by atoms with Gasteiger partial charge in [-0.05, 0) is 0 Å². The van der Waals surface area contributed by atoms with Crippen molar-refractivity contribution >= 4 is 5.97 Å². The molecule has 9 heavy (non-hydrogen) atoms. The molecule has 0 amide bonds. The van der Waals surface area contributed by atoms with Crippen molar-refractivity contribution in [3.63, 3.8) is 0 Å². The fourth-order valence-corrected chi connectivity index (χ4v) is 0.176. The first-order valence-corrected chi connectivity index (χ1v) is 2.06. The maximum atomic E-state index is 11.2. The minimum Gasteiger partial charge on any atom is -0.448 e. The van der Waals surface area contributed by atoms with Crippen molar-refractivity contribution in [2.24, 2.45) is 0 Å². The molecule has 50 valence electrons. The molecule has 0 aromatic rings. The summed E-state index contributed by atoms with van der Waals surface area (Å²) in [7, 11) is 0. The van der Waals surface area contributed by atoms with Gasteiger partial charge in [0.05, 0.1) is 0 Å². The van der Waals surface area contributed by atoms with Gasteiger partial charge in [0.1, 0.15) is 0 Å². The van der Waals surface area contributed by atoms with Crippen LogP contribution in [0.3, 0.4) is 0 Å². The van der Waals surface area contributed by atoms with Crippen LogP contribution in [0.25, 0.3) is 0 Å². The van der Waals surface area contributed by atoms with Gasteiger partial charge in [-0.2, -0.15) is 8.78 Å². The van der Waals surface area contributed by atoms with Crippen molar-refractivity contribution in [3.8, 4) is 12.3 Å². The summed E-state index contributed by atoms with van der Waals surface area (Å²) in [5.41, 5.74) is 0. The first-order valence-electron chi connectivity index (χ1n) is 2.06. The zero-order chi connectivity index (χ0) is 7.28. The summed E-state index contributed by atoms with van der Waals surface area (Å²) >= 11 is 0. The standard InChI is InChI=1S/C5H4F2O2/c1-2-3-9-5(8)4(6)7/h1,4H,3H2. The maximum Gasteiger partial charge on any atom is 0.374 e. The van der Waals surface area contributed by atoms with Gasteiger partial charge in [0.25, 0.3) is 0 Å². The van der Waals surface area contributed by atoms with E-state index in [1.54, 1.807) is 0 Å². The van der Waals surface area contributed by atoms with Crippen LogP contribution >= 0.6 is 0 Å². The van der Waals surface area contributed by atoms with Crippen molar-refractivity contribution in [3.05, 3.63) is 0 Å². The first-order chi connectivity index (χ1) is 4.18. The van der Waals surface area contributed by atoms with Crippen molar-refractivity contribution in [1.82, 2.24) is 0 Å². The van der Waals surface area contributed by atoms with Crippen LogP contribution in [0.2, 0.25) is 0 Å². The molecule has 0 aliphatic rings. The molecule has 0 aliphatic carbocycles. The van der Waals surface area contributed by atoms with E-state index in [0.29, 0.717) is 0 Å². The molecule has 0 aromatic carbocycles. The Hall–Kier alpha value is -1.11. The number of terminal acetylenes is 1. The van der Waals surface area contributed by atoms with Gasteiger partial charge in [-0.25, -0.2) is 4.79 Å². The second kappa shape index (κ2) is 3.84. The minimum absolute atomic E-state index is 0.400. The van der Waals surface area contributed by atoms with Gasteiger partial charge < -0.3 is 4.74 Å². The molecule has 0 radical (unpaired) electrons. The molecule has 2 nitrogen and oxygen atoms in total. The molecule has 0 aromatic heterocycles. The highest BCUT2D eigenvalue weighted by Gasteiger charge is 2.15. The van der Waals surface area contributed by atoms with E-state index in [4.69, 9.17) is 0 Å². The summed E-state index contributed by atoms with van der Waals surface area (Å²) in [4.78, 5) is 9.83. The second-order valence-electron chi connectivity index (χ2n) is 1.11. The summed E-state index contributed by atoms with van der Waals surface area (Å²) in [6.45, 7) is -0.400. The van der Waals surface area contributed by atoms with E-state index in [-0.39, 0.29) is 0 Å². The lowest BCUT2D eigenvalue weighted by molar-refractivity contribution is -0.154. The quantitative estimate of drug-likeness (QED) is 0.404. The lowest BCUT2D eigenvalue weighted by Gasteiger charge is -1.96. The summed E-state index contributed by atoms with van der Waals surface area (Å²) in [5, 5.41) is 0. The van der Waals surface area contributed by atoms with Gasteiger partial charge in [-0.1, -0.05) is 5.92 Å². The molecule has 0 atom stereocenters. The number of ether oxygens (including phenoxy) is 1. The van der Waals surface area contributed by atoms with Crippen LogP contribution in [-0.2, 0) is 9.53 Å². The first kappa shape index (κ1) is 7.89. The number of hydrogen-bond acceptors (Lipinski definition) is 2. The average Bonchev–Trinajstić information content (AvgIpc) is 1.82. The average molecular weight is 134 g/mol. The van der Waals surface area contributed by atoms with Gasteiger partial charge in [0, 0.05) is 0 Å². The minimum atomic E-state index is -3.08. The number of hydrogen-bond donors (Lipinski definition) is 0. The number of halogens is 2. The summed E-state index contributed by atoms with van der Waals surface area (Å²) in [6, 6.07) is 0. The van der Waals surface area contributed by atoms with E-state index < -0.39 is 19.0 Å². The predicted octanol–water partition coefficient (Wildman–Crippen LogP) is 0.428. The van der Waals surface area contributed by atoms with Crippen LogP contribution in [0.4, 0.5) is 8.78 Å². The summed E-state index contributed by atoms with van der Waals surface area (Å²) in [5.74, 6) is 0.301. The fourth-order valence-electron chi connectivity index (χ4n) is 0.176. The Kier molecular flexibility index (Phi) is 3.37. The van der Waals surface area contributed by atoms with Crippen molar-refractivity contribution in [1.29, 1.82) is 0 Å². The SMILES string of the molecule is C#CCOC(=O)C(F)F. The van der Waals surface area contributed by atoms with Crippen LogP contribution in [0, 0.1) is 12.3 Å². The molecule has 0 heterocycles. The highest BCUT2D eigenvalue weighted by molar-refractivity contribution is 5.72. The molecule has 0 saturated heterocycles. The highest BCUT2D eigenvalue weighted by atomic mass is 19.3. The summed E-state index contributed by atoms with van der Waals surface area (Å²) < 4.78 is 26.2. The number of esters is 1. The van der Waals surface area contributed by atoms with Gasteiger partial charge in [0.15, 0.2) is 6.61 Å². The molecular formula is C5H4F2O2. The van der Waals surface area contributed by atoms with E-state index in [0.717, 1.165) is 0 Å². The lowest BCUT2D eigenvalue weighted by Crippen LogP contribution is -2.13. The molecule has 0 spiro atoms. The molecule has 4 heteroatoms. The van der Waals surface area contributed by atoms with Gasteiger partial charge in [-0.3, -0.25) is 0 Å². The molecule has 0 rings (SSSR count). The Bertz CT molecular complexity index is 136. The van der Waals surface area contributed by atoms with Crippen LogP contribution in [0.15, 0.2) is 0 Å². The van der Waals surface area contributed by atoms with Crippen molar-refractivity contribution in [2.45, 2.75) is 6.43 Å². The second-order valence-corrected chi connectivity index (χ2v) is 1.11. The number of carbonyl (C=O) groups excluding carboxylic acids is 1. The molecule has 0 unspecified atom stereocenters. The van der Waals surface area contributed by atoms with E-state index in [2.05, 4.69) is 11.2 Å². The van der Waals surface area contributed by atoms with E-state index in [1.165, 1.54) is 0 Å². The third kappa shape index (κ3) is 3.47. The molecule has 0 saturated carbocycles. The smallest absolute Gasteiger partial charge is 0.374 e. The number of carbonyl (C=O) groups is 1.